The molecular weight excluding hydrogens is 156 g/mol. The maximum Gasteiger partial charge on any atom is 0.387 e. The molecule has 1 saturated carbocycles. The number of hydrogen-bond acceptors (Lipinski definition) is 3. The van der Waals surface area contributed by atoms with Crippen molar-refractivity contribution in [2.24, 2.45) is 5.92 Å². The molecule has 0 spiro atoms. The molecule has 1 rings (SSSR count). The van der Waals surface area contributed by atoms with Gasteiger partial charge < -0.3 is 5.11 Å². The third-order valence-electron chi connectivity index (χ3n) is 2.09. The monoisotopic (exact) mass is 167 g/mol. The number of carbonyl (C=O) groups is 1. The number of aliphatic hydroxyl groups excluding tert-OH is 1. The van der Waals surface area contributed by atoms with Crippen LogP contribution in [0.2, 0.25) is 0 Å². The predicted molar refractivity (Wildman–Crippen MR) is 42.8 cm³/mol. The van der Waals surface area contributed by atoms with Gasteiger partial charge >= 0.3 is 6.20 Å². The maximum absolute atomic E-state index is 11.1. The van der Waals surface area contributed by atoms with Gasteiger partial charge in [0.05, 0.1) is 0 Å². The molecule has 1 atom stereocenters. The zero-order valence-electron chi connectivity index (χ0n) is 6.73. The van der Waals surface area contributed by atoms with E-state index in [1.807, 2.05) is 0 Å². The Morgan fingerprint density at radius 2 is 2.58 bits per heavy atom. The topological polar surface area (TPSA) is 65.4 Å². The SMILES string of the molecule is N#[N+]/C=C(/O)CC1CCCC1=O. The lowest BCUT2D eigenvalue weighted by Crippen LogP contribution is -2.06. The van der Waals surface area contributed by atoms with E-state index in [1.54, 1.807) is 0 Å². The van der Waals surface area contributed by atoms with E-state index in [0.29, 0.717) is 12.8 Å². The minimum atomic E-state index is -0.0667. The van der Waals surface area contributed by atoms with E-state index in [9.17, 15) is 4.79 Å². The first-order valence-electron chi connectivity index (χ1n) is 3.99. The van der Waals surface area contributed by atoms with E-state index < -0.39 is 0 Å². The summed E-state index contributed by atoms with van der Waals surface area (Å²) in [6.07, 6.45) is 3.64. The average molecular weight is 167 g/mol. The fourth-order valence-electron chi connectivity index (χ4n) is 1.48. The number of ketones is 1. The van der Waals surface area contributed by atoms with Crippen LogP contribution >= 0.6 is 0 Å². The van der Waals surface area contributed by atoms with Gasteiger partial charge in [-0.15, -0.1) is 0 Å². The summed E-state index contributed by atoms with van der Waals surface area (Å²) in [5.74, 6) is 0.105. The molecule has 4 nitrogen and oxygen atoms in total. The molecule has 0 aromatic heterocycles. The Morgan fingerprint density at radius 1 is 1.83 bits per heavy atom. The van der Waals surface area contributed by atoms with Crippen LogP contribution in [0.1, 0.15) is 25.7 Å². The van der Waals surface area contributed by atoms with Crippen LogP contribution in [0, 0.1) is 11.3 Å². The molecule has 1 aliphatic carbocycles. The van der Waals surface area contributed by atoms with Gasteiger partial charge in [-0.25, -0.2) is 0 Å². The van der Waals surface area contributed by atoms with E-state index in [2.05, 4.69) is 4.98 Å². The van der Waals surface area contributed by atoms with Crippen molar-refractivity contribution in [2.45, 2.75) is 25.7 Å². The van der Waals surface area contributed by atoms with Gasteiger partial charge in [-0.1, -0.05) is 0 Å². The second-order valence-corrected chi connectivity index (χ2v) is 3.00. The zero-order chi connectivity index (χ0) is 8.97. The van der Waals surface area contributed by atoms with Crippen molar-refractivity contribution in [1.29, 1.82) is 5.39 Å². The van der Waals surface area contributed by atoms with Gasteiger partial charge in [-0.05, 0) is 12.8 Å². The summed E-state index contributed by atoms with van der Waals surface area (Å²) in [5.41, 5.74) is 0. The van der Waals surface area contributed by atoms with E-state index in [0.717, 1.165) is 19.0 Å². The highest BCUT2D eigenvalue weighted by molar-refractivity contribution is 5.83. The molecule has 4 heteroatoms. The molecule has 0 aliphatic heterocycles. The maximum atomic E-state index is 11.1. The van der Waals surface area contributed by atoms with E-state index in [4.69, 9.17) is 10.5 Å². The molecule has 0 radical (unpaired) electrons. The van der Waals surface area contributed by atoms with Crippen molar-refractivity contribution >= 4 is 5.78 Å². The summed E-state index contributed by atoms with van der Waals surface area (Å²) >= 11 is 0. The molecule has 64 valence electrons. The van der Waals surface area contributed by atoms with Crippen molar-refractivity contribution in [3.63, 3.8) is 0 Å². The van der Waals surface area contributed by atoms with Gasteiger partial charge in [0.2, 0.25) is 5.39 Å². The molecule has 1 unspecified atom stereocenters. The smallest absolute Gasteiger partial charge is 0.387 e. The predicted octanol–water partition coefficient (Wildman–Crippen LogP) is 2.00. The van der Waals surface area contributed by atoms with Gasteiger partial charge in [-0.2, -0.15) is 0 Å². The summed E-state index contributed by atoms with van der Waals surface area (Å²) in [6, 6.07) is 0. The Morgan fingerprint density at radius 3 is 3.08 bits per heavy atom. The molecular formula is C8H11N2O2+. The van der Waals surface area contributed by atoms with Crippen molar-refractivity contribution in [3.8, 4) is 0 Å². The van der Waals surface area contributed by atoms with Crippen molar-refractivity contribution in [2.75, 3.05) is 0 Å². The minimum absolute atomic E-state index is 0.0299. The molecule has 0 heterocycles. The fourth-order valence-corrected chi connectivity index (χ4v) is 1.48. The van der Waals surface area contributed by atoms with Crippen LogP contribution in [0.4, 0.5) is 0 Å². The van der Waals surface area contributed by atoms with E-state index in [-0.39, 0.29) is 17.5 Å². The molecule has 0 bridgehead atoms. The number of diazo groups is 1. The van der Waals surface area contributed by atoms with Crippen molar-refractivity contribution in [1.82, 2.24) is 0 Å². The number of Topliss-reactive ketones (excluding diaryl/α,β-unsaturated/α-hetero) is 1. The zero-order valence-corrected chi connectivity index (χ0v) is 6.73. The number of carbonyl (C=O) groups excluding carboxylic acids is 1. The summed E-state index contributed by atoms with van der Waals surface area (Å²) in [5, 5.41) is 17.2. The Bertz CT molecular complexity index is 252. The molecule has 0 aromatic rings. The number of allylic oxidation sites excluding steroid dienone is 1. The number of rotatable bonds is 2. The highest BCUT2D eigenvalue weighted by Gasteiger charge is 2.25. The average Bonchev–Trinajstić information content (AvgIpc) is 2.37. The minimum Gasteiger partial charge on any atom is -0.505 e. The van der Waals surface area contributed by atoms with E-state index >= 15 is 0 Å². The third-order valence-corrected chi connectivity index (χ3v) is 2.09. The van der Waals surface area contributed by atoms with Gasteiger partial charge in [-0.3, -0.25) is 4.79 Å². The van der Waals surface area contributed by atoms with Crippen LogP contribution in [-0.2, 0) is 4.79 Å². The van der Waals surface area contributed by atoms with Gasteiger partial charge in [0.1, 0.15) is 5.78 Å². The first-order chi connectivity index (χ1) is 5.74. The lowest BCUT2D eigenvalue weighted by molar-refractivity contribution is -0.120. The first-order valence-corrected chi connectivity index (χ1v) is 3.99. The van der Waals surface area contributed by atoms with Gasteiger partial charge in [0, 0.05) is 18.8 Å². The Labute approximate surface area is 70.5 Å². The highest BCUT2D eigenvalue weighted by atomic mass is 16.3. The molecule has 1 fully saturated rings. The largest absolute Gasteiger partial charge is 0.505 e. The lowest BCUT2D eigenvalue weighted by atomic mass is 10.0. The van der Waals surface area contributed by atoms with Crippen LogP contribution in [0.5, 0.6) is 0 Å². The molecule has 0 aromatic carbocycles. The lowest BCUT2D eigenvalue weighted by Gasteiger charge is -2.02. The van der Waals surface area contributed by atoms with Gasteiger partial charge in [0.15, 0.2) is 10.7 Å². The number of aliphatic hydroxyl groups is 1. The van der Waals surface area contributed by atoms with Crippen LogP contribution in [-0.4, -0.2) is 10.9 Å². The number of nitrogens with zero attached hydrogens (tertiary/aromatic N) is 2. The molecule has 12 heavy (non-hydrogen) atoms. The Kier molecular flexibility index (Phi) is 2.81. The molecule has 0 saturated heterocycles. The Balaban J connectivity index is 2.47. The Hall–Kier alpha value is -1.37. The van der Waals surface area contributed by atoms with Gasteiger partial charge in [0.25, 0.3) is 0 Å². The third kappa shape index (κ3) is 2.06. The summed E-state index contributed by atoms with van der Waals surface area (Å²) < 4.78 is 0. The van der Waals surface area contributed by atoms with Crippen LogP contribution < -0.4 is 0 Å². The quantitative estimate of drug-likeness (QED) is 0.505. The normalized spacial score (nSPS) is 24.1. The van der Waals surface area contributed by atoms with Crippen molar-refractivity contribution in [3.05, 3.63) is 16.9 Å². The van der Waals surface area contributed by atoms with Crippen LogP contribution in [0.3, 0.4) is 0 Å². The van der Waals surface area contributed by atoms with Crippen molar-refractivity contribution < 1.29 is 9.90 Å². The highest BCUT2D eigenvalue weighted by Crippen LogP contribution is 2.26. The first kappa shape index (κ1) is 8.72. The summed E-state index contributed by atoms with van der Waals surface area (Å²) in [6.45, 7) is 0. The summed E-state index contributed by atoms with van der Waals surface area (Å²) in [4.78, 5) is 13.8. The van der Waals surface area contributed by atoms with Crippen LogP contribution in [0.15, 0.2) is 12.0 Å². The summed E-state index contributed by atoms with van der Waals surface area (Å²) in [7, 11) is 0. The molecule has 1 aliphatic rings. The molecule has 0 amide bonds. The second-order valence-electron chi connectivity index (χ2n) is 3.00. The number of hydrogen-bond donors (Lipinski definition) is 1. The van der Waals surface area contributed by atoms with Crippen LogP contribution in [0.25, 0.3) is 4.98 Å². The molecule has 1 N–H and O–H groups in total. The fraction of sp³-hybridized carbons (Fsp3) is 0.625. The second kappa shape index (κ2) is 3.86. The standard InChI is InChI=1S/C8H10N2O2/c9-10-5-7(11)4-6-2-1-3-8(6)12/h5-6H,1-4H2/p+1/b7-5+. The van der Waals surface area contributed by atoms with E-state index in [1.165, 1.54) is 0 Å².